The fourth-order valence-electron chi connectivity index (χ4n) is 2.37. The van der Waals surface area contributed by atoms with Crippen molar-refractivity contribution < 1.29 is 17.9 Å². The summed E-state index contributed by atoms with van der Waals surface area (Å²) in [5, 5.41) is 0. The Hall–Kier alpha value is -1.99. The first kappa shape index (κ1) is 15.9. The van der Waals surface area contributed by atoms with Gasteiger partial charge in [-0.3, -0.25) is 4.79 Å². The van der Waals surface area contributed by atoms with Crippen LogP contribution in [-0.4, -0.2) is 38.0 Å². The largest absolute Gasteiger partial charge is 0.497 e. The average molecular weight is 349 g/mol. The molecule has 5 nitrogen and oxygen atoms in total. The maximum atomic E-state index is 12.4. The lowest BCUT2D eigenvalue weighted by molar-refractivity contribution is 0.0876. The van der Waals surface area contributed by atoms with E-state index in [0.29, 0.717) is 5.75 Å². The summed E-state index contributed by atoms with van der Waals surface area (Å²) >= 11 is 1.49. The van der Waals surface area contributed by atoms with Crippen molar-refractivity contribution >= 4 is 27.7 Å². The molecule has 0 bridgehead atoms. The molecular weight excluding hydrogens is 334 g/mol. The molecule has 0 fully saturated rings. The Morgan fingerprint density at radius 1 is 1.09 bits per heavy atom. The fraction of sp³-hybridized carbons (Fsp3) is 0.188. The quantitative estimate of drug-likeness (QED) is 0.777. The maximum Gasteiger partial charge on any atom is 0.269 e. The molecule has 0 unspecified atom stereocenters. The minimum absolute atomic E-state index is 0.0967. The molecule has 2 aromatic rings. The summed E-state index contributed by atoms with van der Waals surface area (Å²) in [7, 11) is -2.11. The topological polar surface area (TPSA) is 63.7 Å². The second-order valence-corrected chi connectivity index (χ2v) is 7.90. The minimum Gasteiger partial charge on any atom is -0.497 e. The van der Waals surface area contributed by atoms with E-state index in [1.54, 1.807) is 25.3 Å². The highest BCUT2D eigenvalue weighted by molar-refractivity contribution is 7.99. The van der Waals surface area contributed by atoms with E-state index >= 15 is 0 Å². The predicted molar refractivity (Wildman–Crippen MR) is 88.4 cm³/mol. The molecule has 0 saturated carbocycles. The van der Waals surface area contributed by atoms with Crippen LogP contribution in [0.3, 0.4) is 0 Å². The minimum atomic E-state index is -3.71. The third-order valence-electron chi connectivity index (χ3n) is 3.53. The van der Waals surface area contributed by atoms with Crippen LogP contribution in [-0.2, 0) is 10.0 Å². The number of sulfonamides is 1. The second kappa shape index (κ2) is 6.25. The molecule has 23 heavy (non-hydrogen) atoms. The highest BCUT2D eigenvalue weighted by Gasteiger charge is 2.40. The highest BCUT2D eigenvalue weighted by atomic mass is 32.2. The van der Waals surface area contributed by atoms with Crippen molar-refractivity contribution in [1.82, 2.24) is 4.31 Å². The van der Waals surface area contributed by atoms with Gasteiger partial charge in [-0.2, -0.15) is 0 Å². The lowest BCUT2D eigenvalue weighted by Gasteiger charge is -2.14. The first-order valence-electron chi connectivity index (χ1n) is 6.97. The number of carbonyl (C=O) groups excluding carboxylic acids is 1. The molecule has 7 heteroatoms. The lowest BCUT2D eigenvalue weighted by atomic mass is 10.2. The third-order valence-corrected chi connectivity index (χ3v) is 6.37. The zero-order chi connectivity index (χ0) is 16.4. The Bertz CT molecular complexity index is 831. The molecule has 0 N–H and O–H groups in total. The van der Waals surface area contributed by atoms with Gasteiger partial charge in [-0.1, -0.05) is 12.1 Å². The smallest absolute Gasteiger partial charge is 0.269 e. The maximum absolute atomic E-state index is 12.4. The van der Waals surface area contributed by atoms with Crippen LogP contribution in [0.1, 0.15) is 10.4 Å². The van der Waals surface area contributed by atoms with Gasteiger partial charge in [0, 0.05) is 17.2 Å². The number of carbonyl (C=O) groups is 1. The van der Waals surface area contributed by atoms with E-state index in [1.165, 1.54) is 17.8 Å². The average Bonchev–Trinajstić information content (AvgIpc) is 2.76. The van der Waals surface area contributed by atoms with Gasteiger partial charge >= 0.3 is 0 Å². The van der Waals surface area contributed by atoms with Crippen LogP contribution in [0, 0.1) is 0 Å². The Morgan fingerprint density at radius 3 is 2.43 bits per heavy atom. The van der Waals surface area contributed by atoms with Gasteiger partial charge in [0.2, 0.25) is 0 Å². The Balaban J connectivity index is 1.68. The standard InChI is InChI=1S/C16H15NO4S2/c1-21-12-6-8-13(9-7-12)22-11-10-17-16(18)14-4-2-3-5-15(14)23(17,19)20/h2-9H,10-11H2,1H3. The van der Waals surface area contributed by atoms with Gasteiger partial charge in [-0.05, 0) is 36.4 Å². The molecule has 1 aliphatic heterocycles. The van der Waals surface area contributed by atoms with Crippen molar-refractivity contribution in [2.45, 2.75) is 9.79 Å². The van der Waals surface area contributed by atoms with Gasteiger partial charge < -0.3 is 4.74 Å². The van der Waals surface area contributed by atoms with Crippen LogP contribution in [0.2, 0.25) is 0 Å². The molecule has 1 heterocycles. The lowest BCUT2D eigenvalue weighted by Crippen LogP contribution is -2.32. The predicted octanol–water partition coefficient (Wildman–Crippen LogP) is 2.63. The number of thioether (sulfide) groups is 1. The molecule has 2 aromatic carbocycles. The van der Waals surface area contributed by atoms with Gasteiger partial charge in [0.25, 0.3) is 15.9 Å². The second-order valence-electron chi connectivity index (χ2n) is 4.90. The van der Waals surface area contributed by atoms with Crippen molar-refractivity contribution in [2.24, 2.45) is 0 Å². The summed E-state index contributed by atoms with van der Waals surface area (Å²) in [6.07, 6.45) is 0. The number of hydrogen-bond acceptors (Lipinski definition) is 5. The van der Waals surface area contributed by atoms with Gasteiger partial charge in [0.15, 0.2) is 0 Å². The molecule has 0 aromatic heterocycles. The van der Waals surface area contributed by atoms with E-state index in [-0.39, 0.29) is 17.0 Å². The van der Waals surface area contributed by atoms with Crippen LogP contribution in [0.25, 0.3) is 0 Å². The van der Waals surface area contributed by atoms with Crippen molar-refractivity contribution in [3.63, 3.8) is 0 Å². The zero-order valence-electron chi connectivity index (χ0n) is 12.4. The molecule has 3 rings (SSSR count). The molecule has 0 atom stereocenters. The van der Waals surface area contributed by atoms with Gasteiger partial charge in [-0.25, -0.2) is 12.7 Å². The first-order chi connectivity index (χ1) is 11.0. The van der Waals surface area contributed by atoms with E-state index in [4.69, 9.17) is 4.74 Å². The number of nitrogens with zero attached hydrogens (tertiary/aromatic N) is 1. The van der Waals surface area contributed by atoms with Crippen LogP contribution in [0.5, 0.6) is 5.75 Å². The summed E-state index contributed by atoms with van der Waals surface area (Å²) in [5.74, 6) is 0.809. The molecule has 1 amide bonds. The van der Waals surface area contributed by atoms with Gasteiger partial charge in [0.1, 0.15) is 10.6 Å². The number of methoxy groups -OCH3 is 1. The summed E-state index contributed by atoms with van der Waals surface area (Å²) in [5.41, 5.74) is 0.252. The number of benzene rings is 2. The Labute approximate surface area is 139 Å². The van der Waals surface area contributed by atoms with Crippen LogP contribution in [0.15, 0.2) is 58.3 Å². The van der Waals surface area contributed by atoms with Crippen molar-refractivity contribution in [1.29, 1.82) is 0 Å². The van der Waals surface area contributed by atoms with Crippen molar-refractivity contribution in [3.05, 3.63) is 54.1 Å². The van der Waals surface area contributed by atoms with Gasteiger partial charge in [-0.15, -0.1) is 11.8 Å². The first-order valence-corrected chi connectivity index (χ1v) is 9.39. The Kier molecular flexibility index (Phi) is 4.32. The van der Waals surface area contributed by atoms with Crippen LogP contribution < -0.4 is 4.74 Å². The number of fused-ring (bicyclic) bond motifs is 1. The monoisotopic (exact) mass is 349 g/mol. The summed E-state index contributed by atoms with van der Waals surface area (Å²) in [4.78, 5) is 13.3. The van der Waals surface area contributed by atoms with Crippen LogP contribution in [0.4, 0.5) is 0 Å². The number of amides is 1. The molecule has 1 aliphatic rings. The normalized spacial score (nSPS) is 15.5. The summed E-state index contributed by atoms with van der Waals surface area (Å²) in [6, 6.07) is 13.8. The SMILES string of the molecule is COc1ccc(SCCN2C(=O)c3ccccc3S2(=O)=O)cc1. The zero-order valence-corrected chi connectivity index (χ0v) is 14.1. The number of hydrogen-bond donors (Lipinski definition) is 0. The van der Waals surface area contributed by atoms with Gasteiger partial charge in [0.05, 0.1) is 12.7 Å². The van der Waals surface area contributed by atoms with E-state index in [9.17, 15) is 13.2 Å². The van der Waals surface area contributed by atoms with E-state index < -0.39 is 15.9 Å². The molecule has 120 valence electrons. The summed E-state index contributed by atoms with van der Waals surface area (Å²) < 4.78 is 30.8. The van der Waals surface area contributed by atoms with Crippen LogP contribution >= 0.6 is 11.8 Å². The van der Waals surface area contributed by atoms with Crippen molar-refractivity contribution in [2.75, 3.05) is 19.4 Å². The fourth-order valence-corrected chi connectivity index (χ4v) is 4.89. The molecule has 0 aliphatic carbocycles. The molecule has 0 saturated heterocycles. The van der Waals surface area contributed by atoms with E-state index in [1.807, 2.05) is 24.3 Å². The highest BCUT2D eigenvalue weighted by Crippen LogP contribution is 2.30. The third kappa shape index (κ3) is 2.94. The molecule has 0 spiro atoms. The Morgan fingerprint density at radius 2 is 1.78 bits per heavy atom. The molecular formula is C16H15NO4S2. The van der Waals surface area contributed by atoms with Crippen molar-refractivity contribution in [3.8, 4) is 5.75 Å². The number of ether oxygens (including phenoxy) is 1. The summed E-state index contributed by atoms with van der Waals surface area (Å²) in [6.45, 7) is 0.145. The molecule has 0 radical (unpaired) electrons. The van der Waals surface area contributed by atoms with E-state index in [0.717, 1.165) is 15.0 Å². The number of rotatable bonds is 5. The van der Waals surface area contributed by atoms with E-state index in [2.05, 4.69) is 0 Å².